The lowest BCUT2D eigenvalue weighted by molar-refractivity contribution is -0.0291. The first kappa shape index (κ1) is 14.7. The summed E-state index contributed by atoms with van der Waals surface area (Å²) in [4.78, 5) is 0. The van der Waals surface area contributed by atoms with Gasteiger partial charge in [0.05, 0.1) is 25.9 Å². The van der Waals surface area contributed by atoms with Crippen molar-refractivity contribution in [3.8, 4) is 5.75 Å². The van der Waals surface area contributed by atoms with Gasteiger partial charge in [0.25, 0.3) is 0 Å². The molecule has 2 atom stereocenters. The molecule has 0 aliphatic heterocycles. The Bertz CT molecular complexity index is 313. The fourth-order valence-corrected chi connectivity index (χ4v) is 2.29. The third-order valence-electron chi connectivity index (χ3n) is 2.43. The van der Waals surface area contributed by atoms with Crippen LogP contribution in [0.1, 0.15) is 18.6 Å². The summed E-state index contributed by atoms with van der Waals surface area (Å²) in [6, 6.07) is 8.00. The van der Waals surface area contributed by atoms with Crippen molar-refractivity contribution in [3.05, 3.63) is 29.8 Å². The zero-order valence-corrected chi connectivity index (χ0v) is 12.6. The van der Waals surface area contributed by atoms with Crippen LogP contribution in [0, 0.1) is 0 Å². The molecule has 17 heavy (non-hydrogen) atoms. The Hall–Kier alpha value is -0.330. The van der Waals surface area contributed by atoms with Crippen LogP contribution < -0.4 is 4.74 Å². The highest BCUT2D eigenvalue weighted by Crippen LogP contribution is 2.24. The zero-order valence-electron chi connectivity index (χ0n) is 10.5. The van der Waals surface area contributed by atoms with E-state index in [4.69, 9.17) is 14.2 Å². The van der Waals surface area contributed by atoms with Crippen molar-refractivity contribution in [3.63, 3.8) is 0 Å². The molecule has 0 N–H and O–H groups in total. The Morgan fingerprint density at radius 3 is 2.29 bits per heavy atom. The van der Waals surface area contributed by atoms with E-state index in [0.29, 0.717) is 6.61 Å². The Kier molecular flexibility index (Phi) is 6.84. The van der Waals surface area contributed by atoms with Crippen LogP contribution in [-0.4, -0.2) is 31.4 Å². The first-order valence-electron chi connectivity index (χ1n) is 5.55. The van der Waals surface area contributed by atoms with Crippen LogP contribution in [-0.2, 0) is 9.47 Å². The Morgan fingerprint density at radius 2 is 1.82 bits per heavy atom. The fourth-order valence-electron chi connectivity index (χ4n) is 1.58. The van der Waals surface area contributed by atoms with Gasteiger partial charge in [0.2, 0.25) is 0 Å². The summed E-state index contributed by atoms with van der Waals surface area (Å²) in [7, 11) is 3.36. The highest BCUT2D eigenvalue weighted by Gasteiger charge is 2.14. The first-order chi connectivity index (χ1) is 8.21. The van der Waals surface area contributed by atoms with E-state index < -0.39 is 0 Å². The van der Waals surface area contributed by atoms with E-state index in [1.54, 1.807) is 14.2 Å². The van der Waals surface area contributed by atoms with Crippen LogP contribution in [0.3, 0.4) is 0 Å². The molecule has 0 fully saturated rings. The molecule has 96 valence electrons. The largest absolute Gasteiger partial charge is 0.497 e. The maximum absolute atomic E-state index is 5.93. The molecular formula is C13H19IO3. The van der Waals surface area contributed by atoms with Crippen molar-refractivity contribution >= 4 is 22.6 Å². The monoisotopic (exact) mass is 350 g/mol. The SMILES string of the molecule is COCC(C)OC(CI)c1ccc(OC)cc1. The molecule has 0 amide bonds. The second kappa shape index (κ2) is 7.89. The quantitative estimate of drug-likeness (QED) is 0.558. The van der Waals surface area contributed by atoms with Gasteiger partial charge in [0.1, 0.15) is 5.75 Å². The molecule has 1 rings (SSSR count). The molecular weight excluding hydrogens is 331 g/mol. The van der Waals surface area contributed by atoms with Crippen molar-refractivity contribution in [2.75, 3.05) is 25.3 Å². The standard InChI is InChI=1S/C13H19IO3/c1-10(9-15-2)17-13(8-14)11-4-6-12(16-3)7-5-11/h4-7,10,13H,8-9H2,1-3H3. The summed E-state index contributed by atoms with van der Waals surface area (Å²) in [5.74, 6) is 0.867. The average Bonchev–Trinajstić information content (AvgIpc) is 2.36. The number of rotatable bonds is 7. The topological polar surface area (TPSA) is 27.7 Å². The molecule has 1 aromatic rings. The second-order valence-corrected chi connectivity index (χ2v) is 4.70. The molecule has 0 radical (unpaired) electrons. The second-order valence-electron chi connectivity index (χ2n) is 3.82. The van der Waals surface area contributed by atoms with Gasteiger partial charge in [-0.15, -0.1) is 0 Å². The van der Waals surface area contributed by atoms with Gasteiger partial charge in [-0.25, -0.2) is 0 Å². The average molecular weight is 350 g/mol. The van der Waals surface area contributed by atoms with Crippen molar-refractivity contribution in [1.82, 2.24) is 0 Å². The molecule has 0 saturated carbocycles. The summed E-state index contributed by atoms with van der Waals surface area (Å²) in [6.07, 6.45) is 0.202. The van der Waals surface area contributed by atoms with Crippen LogP contribution in [0.5, 0.6) is 5.75 Å². The number of hydrogen-bond donors (Lipinski definition) is 0. The molecule has 2 unspecified atom stereocenters. The summed E-state index contributed by atoms with van der Waals surface area (Å²) >= 11 is 2.34. The highest BCUT2D eigenvalue weighted by molar-refractivity contribution is 14.1. The fraction of sp³-hybridized carbons (Fsp3) is 0.538. The number of ether oxygens (including phenoxy) is 3. The van der Waals surface area contributed by atoms with E-state index in [0.717, 1.165) is 10.2 Å². The Labute approximate surface area is 117 Å². The predicted molar refractivity (Wildman–Crippen MR) is 77.0 cm³/mol. The van der Waals surface area contributed by atoms with Crippen molar-refractivity contribution in [2.45, 2.75) is 19.1 Å². The number of benzene rings is 1. The lowest BCUT2D eigenvalue weighted by atomic mass is 10.1. The van der Waals surface area contributed by atoms with Gasteiger partial charge in [-0.3, -0.25) is 0 Å². The summed E-state index contributed by atoms with van der Waals surface area (Å²) in [5.41, 5.74) is 1.17. The molecule has 0 aromatic heterocycles. The van der Waals surface area contributed by atoms with Gasteiger partial charge in [-0.2, -0.15) is 0 Å². The van der Waals surface area contributed by atoms with Crippen LogP contribution in [0.4, 0.5) is 0 Å². The summed E-state index contributed by atoms with van der Waals surface area (Å²) in [5, 5.41) is 0. The van der Waals surface area contributed by atoms with E-state index >= 15 is 0 Å². The lowest BCUT2D eigenvalue weighted by Gasteiger charge is -2.21. The maximum Gasteiger partial charge on any atom is 0.118 e. The van der Waals surface area contributed by atoms with Crippen LogP contribution in [0.2, 0.25) is 0 Å². The minimum absolute atomic E-state index is 0.0990. The molecule has 0 aliphatic carbocycles. The third kappa shape index (κ3) is 4.81. The van der Waals surface area contributed by atoms with Crippen LogP contribution in [0.15, 0.2) is 24.3 Å². The van der Waals surface area contributed by atoms with E-state index in [1.165, 1.54) is 5.56 Å². The molecule has 0 spiro atoms. The third-order valence-corrected chi connectivity index (χ3v) is 3.23. The van der Waals surface area contributed by atoms with E-state index in [2.05, 4.69) is 22.6 Å². The smallest absolute Gasteiger partial charge is 0.118 e. The molecule has 0 heterocycles. The number of halogens is 1. The molecule has 0 aliphatic rings. The maximum atomic E-state index is 5.93. The van der Waals surface area contributed by atoms with Gasteiger partial charge < -0.3 is 14.2 Å². The molecule has 0 bridgehead atoms. The molecule has 1 aromatic carbocycles. The van der Waals surface area contributed by atoms with Crippen molar-refractivity contribution in [1.29, 1.82) is 0 Å². The van der Waals surface area contributed by atoms with Gasteiger partial charge in [0, 0.05) is 11.5 Å². The number of hydrogen-bond acceptors (Lipinski definition) is 3. The lowest BCUT2D eigenvalue weighted by Crippen LogP contribution is -2.19. The first-order valence-corrected chi connectivity index (χ1v) is 7.08. The highest BCUT2D eigenvalue weighted by atomic mass is 127. The number of alkyl halides is 1. The summed E-state index contributed by atoms with van der Waals surface area (Å²) in [6.45, 7) is 2.63. The Balaban J connectivity index is 2.65. The van der Waals surface area contributed by atoms with Gasteiger partial charge >= 0.3 is 0 Å². The minimum atomic E-state index is 0.0990. The Morgan fingerprint density at radius 1 is 1.18 bits per heavy atom. The van der Waals surface area contributed by atoms with Gasteiger partial charge in [-0.05, 0) is 24.6 Å². The van der Waals surface area contributed by atoms with E-state index in [9.17, 15) is 0 Å². The molecule has 3 nitrogen and oxygen atoms in total. The normalized spacial score (nSPS) is 14.4. The van der Waals surface area contributed by atoms with E-state index in [-0.39, 0.29) is 12.2 Å². The van der Waals surface area contributed by atoms with Gasteiger partial charge in [-0.1, -0.05) is 34.7 Å². The zero-order chi connectivity index (χ0) is 12.7. The summed E-state index contributed by atoms with van der Waals surface area (Å²) < 4.78 is 17.1. The minimum Gasteiger partial charge on any atom is -0.497 e. The number of methoxy groups -OCH3 is 2. The van der Waals surface area contributed by atoms with Crippen LogP contribution in [0.25, 0.3) is 0 Å². The van der Waals surface area contributed by atoms with Crippen molar-refractivity contribution < 1.29 is 14.2 Å². The molecule has 0 saturated heterocycles. The molecule has 4 heteroatoms. The van der Waals surface area contributed by atoms with Crippen molar-refractivity contribution in [2.24, 2.45) is 0 Å². The predicted octanol–water partition coefficient (Wildman–Crippen LogP) is 3.22. The van der Waals surface area contributed by atoms with Crippen LogP contribution >= 0.6 is 22.6 Å². The van der Waals surface area contributed by atoms with E-state index in [1.807, 2.05) is 31.2 Å². The van der Waals surface area contributed by atoms with Gasteiger partial charge in [0.15, 0.2) is 0 Å².